The highest BCUT2D eigenvalue weighted by Crippen LogP contribution is 2.26. The number of thiazole rings is 1. The molecule has 6 heteroatoms. The minimum atomic E-state index is 0.460. The summed E-state index contributed by atoms with van der Waals surface area (Å²) in [6.45, 7) is 1.93. The van der Waals surface area contributed by atoms with Crippen molar-refractivity contribution in [3.05, 3.63) is 35.3 Å². The van der Waals surface area contributed by atoms with E-state index < -0.39 is 0 Å². The second-order valence-electron chi connectivity index (χ2n) is 3.95. The standard InChI is InChI=1S/C13H11N3O2S/c1-8-7-19-13(14-8)11-15-12(18-16-11)9-4-3-5-10(6-9)17-2/h3-7H,1-2H3. The minimum absolute atomic E-state index is 0.460. The zero-order chi connectivity index (χ0) is 13.2. The third-order valence-electron chi connectivity index (χ3n) is 2.55. The van der Waals surface area contributed by atoms with Gasteiger partial charge in [-0.1, -0.05) is 11.2 Å². The molecule has 2 heterocycles. The van der Waals surface area contributed by atoms with Crippen molar-refractivity contribution in [2.45, 2.75) is 6.92 Å². The lowest BCUT2D eigenvalue weighted by atomic mass is 10.2. The molecule has 0 aliphatic rings. The Kier molecular flexibility index (Phi) is 3.00. The molecule has 0 spiro atoms. The van der Waals surface area contributed by atoms with Gasteiger partial charge in [0.15, 0.2) is 5.01 Å². The maximum absolute atomic E-state index is 5.26. The van der Waals surface area contributed by atoms with Crippen LogP contribution < -0.4 is 4.74 Å². The van der Waals surface area contributed by atoms with Crippen molar-refractivity contribution >= 4 is 11.3 Å². The van der Waals surface area contributed by atoms with Crippen LogP contribution in [0.4, 0.5) is 0 Å². The van der Waals surface area contributed by atoms with E-state index in [1.165, 1.54) is 11.3 Å². The molecule has 0 saturated carbocycles. The van der Waals surface area contributed by atoms with Crippen LogP contribution in [0.15, 0.2) is 34.2 Å². The summed E-state index contributed by atoms with van der Waals surface area (Å²) in [5.74, 6) is 1.72. The van der Waals surface area contributed by atoms with E-state index in [0.29, 0.717) is 11.7 Å². The van der Waals surface area contributed by atoms with Crippen molar-refractivity contribution in [2.75, 3.05) is 7.11 Å². The summed E-state index contributed by atoms with van der Waals surface area (Å²) >= 11 is 1.50. The lowest BCUT2D eigenvalue weighted by Crippen LogP contribution is -1.84. The van der Waals surface area contributed by atoms with Crippen LogP contribution in [0.3, 0.4) is 0 Å². The fourth-order valence-electron chi connectivity index (χ4n) is 1.64. The number of nitrogens with zero attached hydrogens (tertiary/aromatic N) is 3. The number of rotatable bonds is 3. The van der Waals surface area contributed by atoms with Crippen LogP contribution in [0.1, 0.15) is 5.69 Å². The lowest BCUT2D eigenvalue weighted by molar-refractivity contribution is 0.413. The summed E-state index contributed by atoms with van der Waals surface area (Å²) in [6, 6.07) is 7.49. The Morgan fingerprint density at radius 2 is 2.16 bits per heavy atom. The predicted octanol–water partition coefficient (Wildman–Crippen LogP) is 3.18. The molecule has 0 unspecified atom stereocenters. The van der Waals surface area contributed by atoms with Crippen LogP contribution in [-0.4, -0.2) is 22.2 Å². The molecule has 0 aliphatic heterocycles. The quantitative estimate of drug-likeness (QED) is 0.733. The molecular formula is C13H11N3O2S. The van der Waals surface area contributed by atoms with Gasteiger partial charge in [-0.15, -0.1) is 11.3 Å². The van der Waals surface area contributed by atoms with Crippen LogP contribution in [-0.2, 0) is 0 Å². The largest absolute Gasteiger partial charge is 0.497 e. The number of aromatic nitrogens is 3. The van der Waals surface area contributed by atoms with E-state index in [1.54, 1.807) is 7.11 Å². The molecule has 5 nitrogen and oxygen atoms in total. The smallest absolute Gasteiger partial charge is 0.258 e. The van der Waals surface area contributed by atoms with Crippen molar-refractivity contribution in [2.24, 2.45) is 0 Å². The zero-order valence-corrected chi connectivity index (χ0v) is 11.3. The van der Waals surface area contributed by atoms with E-state index in [9.17, 15) is 0 Å². The first-order valence-corrected chi connectivity index (χ1v) is 6.55. The highest BCUT2D eigenvalue weighted by atomic mass is 32.1. The summed E-state index contributed by atoms with van der Waals surface area (Å²) in [7, 11) is 1.62. The van der Waals surface area contributed by atoms with E-state index in [-0.39, 0.29) is 0 Å². The molecule has 2 aromatic heterocycles. The van der Waals surface area contributed by atoms with Gasteiger partial charge in [0.05, 0.1) is 7.11 Å². The SMILES string of the molecule is COc1cccc(-c2nc(-c3nc(C)cs3)no2)c1. The van der Waals surface area contributed by atoms with Gasteiger partial charge in [0.25, 0.3) is 5.89 Å². The van der Waals surface area contributed by atoms with E-state index in [2.05, 4.69) is 15.1 Å². The fraction of sp³-hybridized carbons (Fsp3) is 0.154. The number of aryl methyl sites for hydroxylation is 1. The van der Waals surface area contributed by atoms with Crippen LogP contribution in [0.5, 0.6) is 5.75 Å². The van der Waals surface area contributed by atoms with Crippen LogP contribution in [0.25, 0.3) is 22.3 Å². The van der Waals surface area contributed by atoms with Crippen LogP contribution in [0.2, 0.25) is 0 Å². The highest BCUT2D eigenvalue weighted by Gasteiger charge is 2.13. The predicted molar refractivity (Wildman–Crippen MR) is 72.1 cm³/mol. The maximum atomic E-state index is 5.26. The Hall–Kier alpha value is -2.21. The average Bonchev–Trinajstić information content (AvgIpc) is 3.07. The molecule has 3 rings (SSSR count). The molecule has 0 radical (unpaired) electrons. The molecule has 0 saturated heterocycles. The van der Waals surface area contributed by atoms with Crippen LogP contribution >= 0.6 is 11.3 Å². The first-order chi connectivity index (χ1) is 9.26. The molecule has 0 amide bonds. The van der Waals surface area contributed by atoms with Gasteiger partial charge in [-0.25, -0.2) is 4.98 Å². The molecule has 3 aromatic rings. The summed E-state index contributed by atoms with van der Waals surface area (Å²) in [6.07, 6.45) is 0. The van der Waals surface area contributed by atoms with Gasteiger partial charge in [0, 0.05) is 16.6 Å². The molecule has 19 heavy (non-hydrogen) atoms. The van der Waals surface area contributed by atoms with Gasteiger partial charge in [0.1, 0.15) is 5.75 Å². The molecular weight excluding hydrogens is 262 g/mol. The Balaban J connectivity index is 1.96. The molecule has 0 fully saturated rings. The van der Waals surface area contributed by atoms with Gasteiger partial charge >= 0.3 is 0 Å². The van der Waals surface area contributed by atoms with E-state index in [1.807, 2.05) is 36.6 Å². The molecule has 96 valence electrons. The molecule has 0 atom stereocenters. The average molecular weight is 273 g/mol. The van der Waals surface area contributed by atoms with E-state index >= 15 is 0 Å². The van der Waals surface area contributed by atoms with Crippen molar-refractivity contribution < 1.29 is 9.26 Å². The fourth-order valence-corrected chi connectivity index (χ4v) is 2.36. The molecule has 1 aromatic carbocycles. The molecule has 0 bridgehead atoms. The van der Waals surface area contributed by atoms with Gasteiger partial charge in [-0.05, 0) is 25.1 Å². The summed E-state index contributed by atoms with van der Waals surface area (Å²) in [4.78, 5) is 8.68. The van der Waals surface area contributed by atoms with Crippen molar-refractivity contribution in [1.82, 2.24) is 15.1 Å². The van der Waals surface area contributed by atoms with E-state index in [4.69, 9.17) is 9.26 Å². The Morgan fingerprint density at radius 3 is 2.89 bits per heavy atom. The van der Waals surface area contributed by atoms with E-state index in [0.717, 1.165) is 22.0 Å². The monoisotopic (exact) mass is 273 g/mol. The number of ether oxygens (including phenoxy) is 1. The first kappa shape index (κ1) is 11.9. The second kappa shape index (κ2) is 4.81. The minimum Gasteiger partial charge on any atom is -0.497 e. The number of benzene rings is 1. The third-order valence-corrected chi connectivity index (χ3v) is 3.51. The van der Waals surface area contributed by atoms with Crippen molar-refractivity contribution in [3.8, 4) is 28.0 Å². The number of hydrogen-bond donors (Lipinski definition) is 0. The number of hydrogen-bond acceptors (Lipinski definition) is 6. The zero-order valence-electron chi connectivity index (χ0n) is 10.5. The number of methoxy groups -OCH3 is 1. The Labute approximate surface area is 113 Å². The normalized spacial score (nSPS) is 10.6. The van der Waals surface area contributed by atoms with Crippen molar-refractivity contribution in [1.29, 1.82) is 0 Å². The maximum Gasteiger partial charge on any atom is 0.258 e. The van der Waals surface area contributed by atoms with Gasteiger partial charge in [-0.2, -0.15) is 4.98 Å². The summed E-state index contributed by atoms with van der Waals surface area (Å²) in [5.41, 5.74) is 1.78. The lowest BCUT2D eigenvalue weighted by Gasteiger charge is -1.99. The first-order valence-electron chi connectivity index (χ1n) is 5.67. The molecule has 0 aliphatic carbocycles. The summed E-state index contributed by atoms with van der Waals surface area (Å²) in [5, 5.41) is 6.67. The van der Waals surface area contributed by atoms with Crippen molar-refractivity contribution in [3.63, 3.8) is 0 Å². The summed E-state index contributed by atoms with van der Waals surface area (Å²) < 4.78 is 10.4. The Bertz CT molecular complexity index is 705. The van der Waals surface area contributed by atoms with Gasteiger partial charge in [-0.3, -0.25) is 0 Å². The second-order valence-corrected chi connectivity index (χ2v) is 4.81. The van der Waals surface area contributed by atoms with Gasteiger partial charge in [0.2, 0.25) is 5.82 Å². The topological polar surface area (TPSA) is 61.0 Å². The molecule has 0 N–H and O–H groups in total. The third kappa shape index (κ3) is 2.34. The Morgan fingerprint density at radius 1 is 1.26 bits per heavy atom. The highest BCUT2D eigenvalue weighted by molar-refractivity contribution is 7.13. The van der Waals surface area contributed by atoms with Crippen LogP contribution in [0, 0.1) is 6.92 Å². The van der Waals surface area contributed by atoms with Gasteiger partial charge < -0.3 is 9.26 Å².